The summed E-state index contributed by atoms with van der Waals surface area (Å²) in [6, 6.07) is 0. The van der Waals surface area contributed by atoms with Crippen LogP contribution in [0.1, 0.15) is 110 Å². The summed E-state index contributed by atoms with van der Waals surface area (Å²) < 4.78 is 0.941. The summed E-state index contributed by atoms with van der Waals surface area (Å²) in [4.78, 5) is 0. The Morgan fingerprint density at radius 2 is 0.895 bits per heavy atom. The maximum atomic E-state index is 2.66. The van der Waals surface area contributed by atoms with Gasteiger partial charge in [-0.05, 0) is 12.8 Å². The Balaban J connectivity index is 3.02. The Bertz CT molecular complexity index is 156. The highest BCUT2D eigenvalue weighted by atomic mass is 127. The fourth-order valence-corrected chi connectivity index (χ4v) is 3.48. The molecule has 1 atom stereocenters. The van der Waals surface area contributed by atoms with Crippen LogP contribution >= 0.6 is 22.6 Å². The number of unbranched alkanes of at least 4 members (excludes halogenated alkanes) is 11. The van der Waals surface area contributed by atoms with Crippen LogP contribution in [-0.4, -0.2) is 3.92 Å². The van der Waals surface area contributed by atoms with E-state index in [1.165, 1.54) is 96.3 Å². The van der Waals surface area contributed by atoms with Crippen molar-refractivity contribution in [2.45, 2.75) is 114 Å². The second-order valence-electron chi connectivity index (χ2n) is 6.06. The molecule has 0 nitrogen and oxygen atoms in total. The first kappa shape index (κ1) is 19.7. The van der Waals surface area contributed by atoms with Crippen LogP contribution in [0.25, 0.3) is 0 Å². The monoisotopic (exact) mass is 380 g/mol. The average Bonchev–Trinajstić information content (AvgIpc) is 2.42. The summed E-state index contributed by atoms with van der Waals surface area (Å²) in [5.41, 5.74) is 0. The van der Waals surface area contributed by atoms with E-state index < -0.39 is 0 Å². The zero-order valence-corrected chi connectivity index (χ0v) is 15.7. The molecule has 0 heterocycles. The molecule has 0 aliphatic carbocycles. The van der Waals surface area contributed by atoms with E-state index in [1.54, 1.807) is 0 Å². The largest absolute Gasteiger partial charge is 0.0826 e. The van der Waals surface area contributed by atoms with Gasteiger partial charge in [-0.25, -0.2) is 0 Å². The molecular weight excluding hydrogens is 343 g/mol. The fourth-order valence-electron chi connectivity index (χ4n) is 2.60. The molecule has 0 aliphatic heterocycles. The topological polar surface area (TPSA) is 0 Å². The van der Waals surface area contributed by atoms with Crippen molar-refractivity contribution in [3.05, 3.63) is 0 Å². The standard InChI is InChI=1S/C18H37I/c1-3-5-7-8-9-10-11-12-13-14-15-17-18(19)16-6-4-2/h18H,3-17H2,1-2H3. The number of alkyl halides is 1. The number of hydrogen-bond acceptors (Lipinski definition) is 0. The number of hydrogen-bond donors (Lipinski definition) is 0. The van der Waals surface area contributed by atoms with Crippen molar-refractivity contribution in [1.82, 2.24) is 0 Å². The van der Waals surface area contributed by atoms with E-state index in [0.29, 0.717) is 0 Å². The van der Waals surface area contributed by atoms with Gasteiger partial charge in [-0.2, -0.15) is 0 Å². The second-order valence-corrected chi connectivity index (χ2v) is 7.83. The number of rotatable bonds is 15. The molecule has 0 aliphatic rings. The molecule has 0 aromatic rings. The van der Waals surface area contributed by atoms with Crippen LogP contribution < -0.4 is 0 Å². The zero-order valence-electron chi connectivity index (χ0n) is 13.6. The Morgan fingerprint density at radius 1 is 0.526 bits per heavy atom. The molecule has 0 amide bonds. The van der Waals surface area contributed by atoms with E-state index in [9.17, 15) is 0 Å². The molecule has 1 unspecified atom stereocenters. The van der Waals surface area contributed by atoms with Gasteiger partial charge < -0.3 is 0 Å². The fraction of sp³-hybridized carbons (Fsp3) is 1.00. The van der Waals surface area contributed by atoms with E-state index in [2.05, 4.69) is 36.4 Å². The average molecular weight is 380 g/mol. The van der Waals surface area contributed by atoms with Crippen molar-refractivity contribution < 1.29 is 0 Å². The Morgan fingerprint density at radius 3 is 1.37 bits per heavy atom. The summed E-state index contributed by atoms with van der Waals surface area (Å²) in [6.07, 6.45) is 21.8. The van der Waals surface area contributed by atoms with Gasteiger partial charge in [0.2, 0.25) is 0 Å². The van der Waals surface area contributed by atoms with Crippen LogP contribution in [-0.2, 0) is 0 Å². The molecule has 0 fully saturated rings. The third kappa shape index (κ3) is 16.7. The number of halogens is 1. The molecule has 0 aromatic heterocycles. The first-order valence-electron chi connectivity index (χ1n) is 8.95. The quantitative estimate of drug-likeness (QED) is 0.155. The minimum atomic E-state index is 0.941. The molecule has 0 bridgehead atoms. The molecule has 0 saturated carbocycles. The van der Waals surface area contributed by atoms with Gasteiger partial charge >= 0.3 is 0 Å². The molecule has 0 aromatic carbocycles. The summed E-state index contributed by atoms with van der Waals surface area (Å²) in [6.45, 7) is 4.59. The highest BCUT2D eigenvalue weighted by Gasteiger charge is 2.02. The van der Waals surface area contributed by atoms with Gasteiger partial charge in [-0.15, -0.1) is 0 Å². The summed E-state index contributed by atoms with van der Waals surface area (Å²) in [7, 11) is 0. The predicted molar refractivity (Wildman–Crippen MR) is 98.4 cm³/mol. The molecule has 0 radical (unpaired) electrons. The van der Waals surface area contributed by atoms with Crippen LogP contribution in [0.3, 0.4) is 0 Å². The van der Waals surface area contributed by atoms with Crippen molar-refractivity contribution >= 4 is 22.6 Å². The van der Waals surface area contributed by atoms with Gasteiger partial charge in [0, 0.05) is 3.92 Å². The normalized spacial score (nSPS) is 12.8. The van der Waals surface area contributed by atoms with E-state index in [1.807, 2.05) is 0 Å². The molecule has 0 rings (SSSR count). The van der Waals surface area contributed by atoms with Crippen LogP contribution in [0, 0.1) is 0 Å². The molecule has 1 heteroatoms. The molecule has 0 N–H and O–H groups in total. The van der Waals surface area contributed by atoms with Crippen molar-refractivity contribution in [3.8, 4) is 0 Å². The first-order chi connectivity index (χ1) is 9.31. The third-order valence-corrected chi connectivity index (χ3v) is 5.24. The van der Waals surface area contributed by atoms with Gasteiger partial charge in [0.1, 0.15) is 0 Å². The van der Waals surface area contributed by atoms with Crippen LogP contribution in [0.2, 0.25) is 0 Å². The summed E-state index contributed by atoms with van der Waals surface area (Å²) in [5, 5.41) is 0. The summed E-state index contributed by atoms with van der Waals surface area (Å²) >= 11 is 2.66. The minimum absolute atomic E-state index is 0.941. The van der Waals surface area contributed by atoms with Crippen molar-refractivity contribution in [3.63, 3.8) is 0 Å². The molecular formula is C18H37I. The maximum absolute atomic E-state index is 2.66. The third-order valence-electron chi connectivity index (χ3n) is 3.99. The van der Waals surface area contributed by atoms with E-state index in [-0.39, 0.29) is 0 Å². The smallest absolute Gasteiger partial charge is 0.0110 e. The van der Waals surface area contributed by atoms with Gasteiger partial charge in [0.05, 0.1) is 0 Å². The van der Waals surface area contributed by atoms with Crippen LogP contribution in [0.4, 0.5) is 0 Å². The molecule has 116 valence electrons. The Kier molecular flexibility index (Phi) is 17.4. The first-order valence-corrected chi connectivity index (χ1v) is 10.2. The zero-order chi connectivity index (χ0) is 14.2. The lowest BCUT2D eigenvalue weighted by molar-refractivity contribution is 0.538. The van der Waals surface area contributed by atoms with Gasteiger partial charge in [-0.3, -0.25) is 0 Å². The molecule has 19 heavy (non-hydrogen) atoms. The van der Waals surface area contributed by atoms with Crippen molar-refractivity contribution in [1.29, 1.82) is 0 Å². The molecule has 0 spiro atoms. The lowest BCUT2D eigenvalue weighted by Gasteiger charge is -2.08. The van der Waals surface area contributed by atoms with E-state index >= 15 is 0 Å². The van der Waals surface area contributed by atoms with Crippen LogP contribution in [0.5, 0.6) is 0 Å². The maximum Gasteiger partial charge on any atom is 0.0110 e. The Labute approximate surface area is 136 Å². The van der Waals surface area contributed by atoms with E-state index in [0.717, 1.165) is 3.92 Å². The van der Waals surface area contributed by atoms with Crippen LogP contribution in [0.15, 0.2) is 0 Å². The predicted octanol–water partition coefficient (Wildman–Crippen LogP) is 7.68. The lowest BCUT2D eigenvalue weighted by Crippen LogP contribution is -1.97. The van der Waals surface area contributed by atoms with Crippen molar-refractivity contribution in [2.75, 3.05) is 0 Å². The highest BCUT2D eigenvalue weighted by Crippen LogP contribution is 2.18. The van der Waals surface area contributed by atoms with Gasteiger partial charge in [0.15, 0.2) is 0 Å². The van der Waals surface area contributed by atoms with Crippen molar-refractivity contribution in [2.24, 2.45) is 0 Å². The van der Waals surface area contributed by atoms with E-state index in [4.69, 9.17) is 0 Å². The van der Waals surface area contributed by atoms with Gasteiger partial charge in [0.25, 0.3) is 0 Å². The second kappa shape index (κ2) is 16.8. The highest BCUT2D eigenvalue weighted by molar-refractivity contribution is 14.1. The summed E-state index contributed by atoms with van der Waals surface area (Å²) in [5.74, 6) is 0. The SMILES string of the molecule is CCCCCCCCCCCCCC(I)CCCC. The lowest BCUT2D eigenvalue weighted by atomic mass is 10.0. The molecule has 0 saturated heterocycles. The minimum Gasteiger partial charge on any atom is -0.0826 e. The van der Waals surface area contributed by atoms with Gasteiger partial charge in [-0.1, -0.05) is 120 Å². The Hall–Kier alpha value is 0.730.